The zero-order valence-electron chi connectivity index (χ0n) is 10.9. The number of rotatable bonds is 3. The van der Waals surface area contributed by atoms with Crippen LogP contribution in [0, 0.1) is 11.3 Å². The van der Waals surface area contributed by atoms with E-state index in [1.807, 2.05) is 19.9 Å². The van der Waals surface area contributed by atoms with E-state index in [9.17, 15) is 4.79 Å². The Morgan fingerprint density at radius 3 is 2.78 bits per heavy atom. The molecule has 1 amide bonds. The first kappa shape index (κ1) is 12.6. The van der Waals surface area contributed by atoms with Gasteiger partial charge in [0.15, 0.2) is 0 Å². The van der Waals surface area contributed by atoms with Crippen LogP contribution in [0.25, 0.3) is 0 Å². The lowest BCUT2D eigenvalue weighted by Crippen LogP contribution is -2.41. The summed E-state index contributed by atoms with van der Waals surface area (Å²) in [5.74, 6) is -0.0239. The first-order chi connectivity index (χ1) is 8.52. The van der Waals surface area contributed by atoms with E-state index in [1.54, 1.807) is 24.1 Å². The molecule has 0 radical (unpaired) electrons. The van der Waals surface area contributed by atoms with Crippen molar-refractivity contribution in [3.8, 4) is 6.07 Å². The summed E-state index contributed by atoms with van der Waals surface area (Å²) in [6.45, 7) is 5.09. The first-order valence-electron chi connectivity index (χ1n) is 5.88. The standard InChI is InChI=1S/C14H16N2O2/c1-14(2)12-5-4-10(9-15)8-11(12)13(17)16(14)6-7-18-3/h4-5,8H,6-7H2,1-3H3. The molecule has 0 bridgehead atoms. The van der Waals surface area contributed by atoms with Gasteiger partial charge in [0.2, 0.25) is 0 Å². The molecular formula is C14H16N2O2. The van der Waals surface area contributed by atoms with E-state index in [-0.39, 0.29) is 11.4 Å². The Morgan fingerprint density at radius 1 is 1.44 bits per heavy atom. The fourth-order valence-corrected chi connectivity index (χ4v) is 2.43. The summed E-state index contributed by atoms with van der Waals surface area (Å²) in [6, 6.07) is 7.37. The van der Waals surface area contributed by atoms with E-state index in [2.05, 4.69) is 6.07 Å². The lowest BCUT2D eigenvalue weighted by molar-refractivity contribution is 0.0522. The molecule has 1 aliphatic heterocycles. The van der Waals surface area contributed by atoms with Gasteiger partial charge in [0.1, 0.15) is 0 Å². The highest BCUT2D eigenvalue weighted by Gasteiger charge is 2.42. The van der Waals surface area contributed by atoms with Gasteiger partial charge in [-0.1, -0.05) is 6.07 Å². The first-order valence-corrected chi connectivity index (χ1v) is 5.88. The number of carbonyl (C=O) groups is 1. The van der Waals surface area contributed by atoms with Crippen LogP contribution < -0.4 is 0 Å². The van der Waals surface area contributed by atoms with E-state index >= 15 is 0 Å². The predicted octanol–water partition coefficient (Wildman–Crippen LogP) is 1.90. The van der Waals surface area contributed by atoms with Crippen LogP contribution in [-0.2, 0) is 10.3 Å². The van der Waals surface area contributed by atoms with Crippen molar-refractivity contribution in [2.45, 2.75) is 19.4 Å². The molecule has 0 spiro atoms. The minimum atomic E-state index is -0.348. The lowest BCUT2D eigenvalue weighted by atomic mass is 9.93. The maximum Gasteiger partial charge on any atom is 0.255 e. The van der Waals surface area contributed by atoms with Gasteiger partial charge >= 0.3 is 0 Å². The fraction of sp³-hybridized carbons (Fsp3) is 0.429. The van der Waals surface area contributed by atoms with Crippen molar-refractivity contribution >= 4 is 5.91 Å². The Balaban J connectivity index is 2.44. The number of nitrogens with zero attached hydrogens (tertiary/aromatic N) is 2. The maximum atomic E-state index is 12.3. The van der Waals surface area contributed by atoms with Crippen molar-refractivity contribution in [3.05, 3.63) is 34.9 Å². The van der Waals surface area contributed by atoms with Crippen LogP contribution in [0.2, 0.25) is 0 Å². The molecule has 0 saturated carbocycles. The van der Waals surface area contributed by atoms with Crippen LogP contribution in [0.4, 0.5) is 0 Å². The third kappa shape index (κ3) is 1.77. The number of nitriles is 1. The molecule has 0 aliphatic carbocycles. The molecule has 4 heteroatoms. The van der Waals surface area contributed by atoms with Crippen molar-refractivity contribution in [3.63, 3.8) is 0 Å². The fourth-order valence-electron chi connectivity index (χ4n) is 2.43. The van der Waals surface area contributed by atoms with Gasteiger partial charge in [0.05, 0.1) is 23.8 Å². The molecule has 1 heterocycles. The lowest BCUT2D eigenvalue weighted by Gasteiger charge is -2.32. The van der Waals surface area contributed by atoms with Gasteiger partial charge in [-0.15, -0.1) is 0 Å². The summed E-state index contributed by atoms with van der Waals surface area (Å²) in [5, 5.41) is 8.90. The summed E-state index contributed by atoms with van der Waals surface area (Å²) in [6.07, 6.45) is 0. The number of ether oxygens (including phenoxy) is 1. The largest absolute Gasteiger partial charge is 0.383 e. The van der Waals surface area contributed by atoms with E-state index in [4.69, 9.17) is 10.00 Å². The van der Waals surface area contributed by atoms with Crippen LogP contribution in [0.1, 0.15) is 35.3 Å². The molecular weight excluding hydrogens is 228 g/mol. The van der Waals surface area contributed by atoms with Crippen molar-refractivity contribution in [2.75, 3.05) is 20.3 Å². The minimum Gasteiger partial charge on any atom is -0.383 e. The zero-order valence-corrected chi connectivity index (χ0v) is 10.9. The molecule has 94 valence electrons. The molecule has 1 aliphatic rings. The molecule has 4 nitrogen and oxygen atoms in total. The summed E-state index contributed by atoms with van der Waals surface area (Å²) in [5.41, 5.74) is 1.78. The van der Waals surface area contributed by atoms with Crippen molar-refractivity contribution in [1.29, 1.82) is 5.26 Å². The number of amides is 1. The summed E-state index contributed by atoms with van der Waals surface area (Å²) in [7, 11) is 1.62. The number of methoxy groups -OCH3 is 1. The number of carbonyl (C=O) groups excluding carboxylic acids is 1. The van der Waals surface area contributed by atoms with Crippen LogP contribution in [-0.4, -0.2) is 31.1 Å². The molecule has 1 aromatic carbocycles. The second-order valence-electron chi connectivity index (χ2n) is 4.88. The van der Waals surface area contributed by atoms with Gasteiger partial charge in [-0.05, 0) is 31.5 Å². The summed E-state index contributed by atoms with van der Waals surface area (Å²) >= 11 is 0. The number of benzene rings is 1. The molecule has 0 unspecified atom stereocenters. The Hall–Kier alpha value is -1.86. The average molecular weight is 244 g/mol. The molecule has 1 aromatic rings. The normalized spacial score (nSPS) is 16.6. The second-order valence-corrected chi connectivity index (χ2v) is 4.88. The number of fused-ring (bicyclic) bond motifs is 1. The van der Waals surface area contributed by atoms with Crippen LogP contribution in [0.3, 0.4) is 0 Å². The van der Waals surface area contributed by atoms with Gasteiger partial charge in [-0.3, -0.25) is 4.79 Å². The molecule has 18 heavy (non-hydrogen) atoms. The predicted molar refractivity (Wildman–Crippen MR) is 67.1 cm³/mol. The maximum absolute atomic E-state index is 12.3. The summed E-state index contributed by atoms with van der Waals surface area (Å²) < 4.78 is 5.04. The monoisotopic (exact) mass is 244 g/mol. The zero-order chi connectivity index (χ0) is 13.3. The van der Waals surface area contributed by atoms with Crippen molar-refractivity contribution in [2.24, 2.45) is 0 Å². The van der Waals surface area contributed by atoms with E-state index in [1.165, 1.54) is 0 Å². The van der Waals surface area contributed by atoms with Crippen molar-refractivity contribution in [1.82, 2.24) is 4.90 Å². The SMILES string of the molecule is COCCN1C(=O)c2cc(C#N)ccc2C1(C)C. The molecule has 0 atom stereocenters. The topological polar surface area (TPSA) is 53.3 Å². The van der Waals surface area contributed by atoms with Gasteiger partial charge < -0.3 is 9.64 Å². The molecule has 0 aromatic heterocycles. The average Bonchev–Trinajstić information content (AvgIpc) is 2.55. The molecule has 0 N–H and O–H groups in total. The second kappa shape index (κ2) is 4.43. The number of hydrogen-bond donors (Lipinski definition) is 0. The minimum absolute atomic E-state index is 0.0239. The van der Waals surface area contributed by atoms with Crippen molar-refractivity contribution < 1.29 is 9.53 Å². The van der Waals surface area contributed by atoms with Gasteiger partial charge in [0, 0.05) is 19.2 Å². The van der Waals surface area contributed by atoms with Crippen LogP contribution >= 0.6 is 0 Å². The van der Waals surface area contributed by atoms with E-state index < -0.39 is 0 Å². The Kier molecular flexibility index (Phi) is 3.10. The van der Waals surface area contributed by atoms with E-state index in [0.29, 0.717) is 24.3 Å². The van der Waals surface area contributed by atoms with Gasteiger partial charge in [-0.2, -0.15) is 5.26 Å². The van der Waals surface area contributed by atoms with E-state index in [0.717, 1.165) is 5.56 Å². The van der Waals surface area contributed by atoms with Gasteiger partial charge in [0.25, 0.3) is 5.91 Å². The Labute approximate surface area is 107 Å². The highest BCUT2D eigenvalue weighted by Crippen LogP contribution is 2.38. The third-order valence-electron chi connectivity index (χ3n) is 3.48. The molecule has 0 saturated heterocycles. The Morgan fingerprint density at radius 2 is 2.17 bits per heavy atom. The molecule has 2 rings (SSSR count). The summed E-state index contributed by atoms with van der Waals surface area (Å²) in [4.78, 5) is 14.1. The number of hydrogen-bond acceptors (Lipinski definition) is 3. The highest BCUT2D eigenvalue weighted by molar-refractivity contribution is 6.00. The van der Waals surface area contributed by atoms with Crippen LogP contribution in [0.15, 0.2) is 18.2 Å². The third-order valence-corrected chi connectivity index (χ3v) is 3.48. The highest BCUT2D eigenvalue weighted by atomic mass is 16.5. The van der Waals surface area contributed by atoms with Gasteiger partial charge in [-0.25, -0.2) is 0 Å². The smallest absolute Gasteiger partial charge is 0.255 e. The Bertz CT molecular complexity index is 529. The molecule has 0 fully saturated rings. The van der Waals surface area contributed by atoms with Crippen LogP contribution in [0.5, 0.6) is 0 Å². The quantitative estimate of drug-likeness (QED) is 0.816.